The lowest BCUT2D eigenvalue weighted by Crippen LogP contribution is -2.16. The topological polar surface area (TPSA) is 60.5 Å². The van der Waals surface area contributed by atoms with E-state index in [0.717, 1.165) is 11.4 Å². The number of para-hydroxylation sites is 2. The fourth-order valence-electron chi connectivity index (χ4n) is 2.40. The molecule has 0 bridgehead atoms. The maximum atomic E-state index is 12.5. The van der Waals surface area contributed by atoms with Crippen LogP contribution in [0.15, 0.2) is 72.8 Å². The van der Waals surface area contributed by atoms with Gasteiger partial charge < -0.3 is 14.8 Å². The van der Waals surface area contributed by atoms with Gasteiger partial charge in [-0.1, -0.05) is 36.4 Å². The van der Waals surface area contributed by atoms with Crippen molar-refractivity contribution in [2.75, 3.05) is 18.5 Å². The zero-order valence-corrected chi connectivity index (χ0v) is 14.5. The van der Waals surface area contributed by atoms with Crippen molar-refractivity contribution < 1.29 is 14.3 Å². The minimum Gasteiger partial charge on any atom is -0.490 e. The molecule has 0 saturated carbocycles. The minimum atomic E-state index is -0.261. The summed E-state index contributed by atoms with van der Waals surface area (Å²) in [5.74, 6) is 1.54. The highest BCUT2D eigenvalue weighted by Gasteiger charge is 2.13. The molecule has 0 fully saturated rings. The van der Waals surface area contributed by atoms with Crippen LogP contribution in [0.1, 0.15) is 16.1 Å². The third kappa shape index (κ3) is 4.83. The average molecular weight is 348 g/mol. The zero-order valence-electron chi connectivity index (χ0n) is 14.5. The van der Waals surface area contributed by atoms with E-state index in [1.165, 1.54) is 0 Å². The van der Waals surface area contributed by atoms with Crippen LogP contribution >= 0.6 is 0 Å². The zero-order chi connectivity index (χ0) is 18.2. The highest BCUT2D eigenvalue weighted by molar-refractivity contribution is 6.05. The molecular formula is C21H20N2O3. The van der Waals surface area contributed by atoms with Crippen LogP contribution in [0, 0.1) is 6.92 Å². The Bertz CT molecular complexity index is 866. The summed E-state index contributed by atoms with van der Waals surface area (Å²) in [4.78, 5) is 16.8. The maximum Gasteiger partial charge on any atom is 0.260 e. The normalized spacial score (nSPS) is 10.2. The highest BCUT2D eigenvalue weighted by Crippen LogP contribution is 2.19. The third-order valence-corrected chi connectivity index (χ3v) is 3.61. The Hall–Kier alpha value is -3.34. The fourth-order valence-corrected chi connectivity index (χ4v) is 2.40. The molecule has 0 unspecified atom stereocenters. The highest BCUT2D eigenvalue weighted by atomic mass is 16.5. The summed E-state index contributed by atoms with van der Waals surface area (Å²) >= 11 is 0. The Morgan fingerprint density at radius 2 is 1.62 bits per heavy atom. The number of pyridine rings is 1. The molecule has 3 aromatic rings. The molecule has 3 rings (SSSR count). The molecule has 2 aromatic carbocycles. The molecule has 132 valence electrons. The molecule has 1 heterocycles. The predicted molar refractivity (Wildman–Crippen MR) is 101 cm³/mol. The van der Waals surface area contributed by atoms with Crippen molar-refractivity contribution in [1.82, 2.24) is 4.98 Å². The van der Waals surface area contributed by atoms with Crippen molar-refractivity contribution in [1.29, 1.82) is 0 Å². The van der Waals surface area contributed by atoms with Crippen molar-refractivity contribution in [2.45, 2.75) is 6.92 Å². The number of nitrogens with zero attached hydrogens (tertiary/aromatic N) is 1. The number of rotatable bonds is 7. The van der Waals surface area contributed by atoms with Gasteiger partial charge in [-0.25, -0.2) is 4.98 Å². The first-order valence-corrected chi connectivity index (χ1v) is 8.37. The van der Waals surface area contributed by atoms with E-state index in [-0.39, 0.29) is 5.91 Å². The van der Waals surface area contributed by atoms with E-state index in [9.17, 15) is 4.79 Å². The number of amides is 1. The number of aryl methyl sites for hydroxylation is 1. The summed E-state index contributed by atoms with van der Waals surface area (Å²) in [6.07, 6.45) is 0. The second-order valence-electron chi connectivity index (χ2n) is 5.62. The summed E-state index contributed by atoms with van der Waals surface area (Å²) in [5.41, 5.74) is 1.29. The van der Waals surface area contributed by atoms with E-state index in [1.54, 1.807) is 24.3 Å². The Labute approximate surface area is 152 Å². The fraction of sp³-hybridized carbons (Fsp3) is 0.143. The summed E-state index contributed by atoms with van der Waals surface area (Å²) in [7, 11) is 0. The Kier molecular flexibility index (Phi) is 5.83. The first-order chi connectivity index (χ1) is 12.7. The van der Waals surface area contributed by atoms with Crippen LogP contribution in [0.2, 0.25) is 0 Å². The maximum absolute atomic E-state index is 12.5. The standard InChI is InChI=1S/C21H20N2O3/c1-16-8-7-13-20(22-16)23-21(24)18-11-5-6-12-19(18)26-15-14-25-17-9-3-2-4-10-17/h2-13H,14-15H2,1H3,(H,22,23,24). The monoisotopic (exact) mass is 348 g/mol. The van der Waals surface area contributed by atoms with Gasteiger partial charge in [0.25, 0.3) is 5.91 Å². The van der Waals surface area contributed by atoms with E-state index in [2.05, 4.69) is 10.3 Å². The second-order valence-corrected chi connectivity index (χ2v) is 5.62. The first-order valence-electron chi connectivity index (χ1n) is 8.37. The molecule has 0 aliphatic carbocycles. The average Bonchev–Trinajstić information content (AvgIpc) is 2.66. The van der Waals surface area contributed by atoms with Gasteiger partial charge in [-0.15, -0.1) is 0 Å². The van der Waals surface area contributed by atoms with Crippen molar-refractivity contribution in [2.24, 2.45) is 0 Å². The van der Waals surface area contributed by atoms with Crippen LogP contribution in [0.25, 0.3) is 0 Å². The van der Waals surface area contributed by atoms with Gasteiger partial charge in [0.1, 0.15) is 30.5 Å². The van der Waals surface area contributed by atoms with Crippen LogP contribution in [0.4, 0.5) is 5.82 Å². The molecule has 5 heteroatoms. The van der Waals surface area contributed by atoms with Gasteiger partial charge in [0.2, 0.25) is 0 Å². The molecule has 0 aliphatic rings. The van der Waals surface area contributed by atoms with Crippen molar-refractivity contribution in [3.8, 4) is 11.5 Å². The Morgan fingerprint density at radius 1 is 0.885 bits per heavy atom. The molecule has 1 amide bonds. The third-order valence-electron chi connectivity index (χ3n) is 3.61. The van der Waals surface area contributed by atoms with Gasteiger partial charge in [0.15, 0.2) is 0 Å². The van der Waals surface area contributed by atoms with Crippen LogP contribution in [-0.2, 0) is 0 Å². The van der Waals surface area contributed by atoms with Crippen LogP contribution < -0.4 is 14.8 Å². The van der Waals surface area contributed by atoms with Crippen molar-refractivity contribution >= 4 is 11.7 Å². The number of hydrogen-bond acceptors (Lipinski definition) is 4. The summed E-state index contributed by atoms with van der Waals surface area (Å²) in [6, 6.07) is 22.1. The Balaban J connectivity index is 1.59. The molecule has 1 N–H and O–H groups in total. The van der Waals surface area contributed by atoms with Gasteiger partial charge in [0, 0.05) is 5.69 Å². The number of hydrogen-bond donors (Lipinski definition) is 1. The van der Waals surface area contributed by atoms with Gasteiger partial charge in [-0.05, 0) is 43.3 Å². The number of carbonyl (C=O) groups excluding carboxylic acids is 1. The summed E-state index contributed by atoms with van der Waals surface area (Å²) in [6.45, 7) is 2.60. The summed E-state index contributed by atoms with van der Waals surface area (Å²) in [5, 5.41) is 2.79. The quantitative estimate of drug-likeness (QED) is 0.653. The smallest absolute Gasteiger partial charge is 0.260 e. The molecule has 0 atom stereocenters. The molecule has 5 nitrogen and oxygen atoms in total. The van der Waals surface area contributed by atoms with Crippen LogP contribution in [0.3, 0.4) is 0 Å². The molecule has 1 aromatic heterocycles. The molecule has 0 saturated heterocycles. The van der Waals surface area contributed by atoms with Gasteiger partial charge in [-0.2, -0.15) is 0 Å². The van der Waals surface area contributed by atoms with Gasteiger partial charge >= 0.3 is 0 Å². The second kappa shape index (κ2) is 8.67. The SMILES string of the molecule is Cc1cccc(NC(=O)c2ccccc2OCCOc2ccccc2)n1. The predicted octanol–water partition coefficient (Wildman–Crippen LogP) is 4.10. The van der Waals surface area contributed by atoms with E-state index in [0.29, 0.717) is 30.3 Å². The molecule has 0 radical (unpaired) electrons. The lowest BCUT2D eigenvalue weighted by atomic mass is 10.2. The number of aromatic nitrogens is 1. The van der Waals surface area contributed by atoms with E-state index < -0.39 is 0 Å². The van der Waals surface area contributed by atoms with Crippen LogP contribution in [0.5, 0.6) is 11.5 Å². The lowest BCUT2D eigenvalue weighted by molar-refractivity contribution is 0.102. The number of benzene rings is 2. The number of carbonyl (C=O) groups is 1. The van der Waals surface area contributed by atoms with E-state index in [1.807, 2.05) is 55.5 Å². The first kappa shape index (κ1) is 17.5. The van der Waals surface area contributed by atoms with E-state index in [4.69, 9.17) is 9.47 Å². The molecule has 0 aliphatic heterocycles. The number of ether oxygens (including phenoxy) is 2. The van der Waals surface area contributed by atoms with Gasteiger partial charge in [-0.3, -0.25) is 4.79 Å². The van der Waals surface area contributed by atoms with Crippen molar-refractivity contribution in [3.63, 3.8) is 0 Å². The summed E-state index contributed by atoms with van der Waals surface area (Å²) < 4.78 is 11.3. The largest absolute Gasteiger partial charge is 0.490 e. The van der Waals surface area contributed by atoms with E-state index >= 15 is 0 Å². The lowest BCUT2D eigenvalue weighted by Gasteiger charge is -2.12. The van der Waals surface area contributed by atoms with Crippen molar-refractivity contribution in [3.05, 3.63) is 84.1 Å². The number of nitrogens with one attached hydrogen (secondary N) is 1. The Morgan fingerprint density at radius 3 is 2.42 bits per heavy atom. The molecule has 0 spiro atoms. The molecule has 26 heavy (non-hydrogen) atoms. The van der Waals surface area contributed by atoms with Gasteiger partial charge in [0.05, 0.1) is 5.56 Å². The number of anilines is 1. The molecular weight excluding hydrogens is 328 g/mol. The minimum absolute atomic E-state index is 0.261. The van der Waals surface area contributed by atoms with Crippen LogP contribution in [-0.4, -0.2) is 24.1 Å².